The Kier molecular flexibility index (Phi) is 14.1. The predicted molar refractivity (Wildman–Crippen MR) is 182 cm³/mol. The van der Waals surface area contributed by atoms with Crippen LogP contribution in [0.3, 0.4) is 0 Å². The van der Waals surface area contributed by atoms with E-state index in [9.17, 15) is 24.0 Å². The number of benzene rings is 2. The Bertz CT molecular complexity index is 1690. The van der Waals surface area contributed by atoms with Crippen molar-refractivity contribution in [2.75, 3.05) is 46.2 Å². The fourth-order valence-electron chi connectivity index (χ4n) is 4.49. The van der Waals surface area contributed by atoms with Crippen LogP contribution in [0.1, 0.15) is 26.7 Å². The fourth-order valence-corrected chi connectivity index (χ4v) is 5.54. The van der Waals surface area contributed by atoms with E-state index in [1.54, 1.807) is 30.3 Å². The number of fused-ring (bicyclic) bond motifs is 2. The van der Waals surface area contributed by atoms with Crippen molar-refractivity contribution < 1.29 is 47.6 Å². The number of carbonyl (C=O) groups excluding carboxylic acids is 4. The van der Waals surface area contributed by atoms with Crippen molar-refractivity contribution in [3.8, 4) is 5.75 Å². The van der Waals surface area contributed by atoms with Crippen molar-refractivity contribution in [2.45, 2.75) is 26.7 Å². The first-order valence-corrected chi connectivity index (χ1v) is 16.0. The maximum atomic E-state index is 13.0. The highest BCUT2D eigenvalue weighted by Crippen LogP contribution is 2.30. The lowest BCUT2D eigenvalue weighted by atomic mass is 9.86. The molecule has 1 heterocycles. The summed E-state index contributed by atoms with van der Waals surface area (Å²) in [7, 11) is 0. The Hall–Kier alpha value is -4.81. The van der Waals surface area contributed by atoms with Gasteiger partial charge in [-0.15, -0.1) is 11.3 Å². The van der Waals surface area contributed by atoms with Crippen LogP contribution in [0.15, 0.2) is 85.2 Å². The highest BCUT2D eigenvalue weighted by molar-refractivity contribution is 7.24. The smallest absolute Gasteiger partial charge is 0.344 e. The SMILES string of the molecule is C=CC(=O)OCC(CC)(COCC(CC)(COC(=O)C=C)COC(=O)COc1ccc2sc3ccccc3c(=O)c2c1)COC(=O)C=C. The van der Waals surface area contributed by atoms with Gasteiger partial charge in [0.15, 0.2) is 12.0 Å². The van der Waals surface area contributed by atoms with Gasteiger partial charge in [-0.05, 0) is 43.2 Å². The fraction of sp³-hybridized carbons (Fsp3) is 0.361. The van der Waals surface area contributed by atoms with Crippen LogP contribution in [0.25, 0.3) is 20.2 Å². The van der Waals surface area contributed by atoms with Crippen molar-refractivity contribution in [3.63, 3.8) is 0 Å². The van der Waals surface area contributed by atoms with Crippen LogP contribution >= 0.6 is 11.3 Å². The lowest BCUT2D eigenvalue weighted by molar-refractivity contribution is -0.160. The molecule has 1 atom stereocenters. The number of hydrogen-bond donors (Lipinski definition) is 0. The van der Waals surface area contributed by atoms with Crippen LogP contribution in [-0.4, -0.2) is 70.1 Å². The summed E-state index contributed by atoms with van der Waals surface area (Å²) >= 11 is 1.49. The Morgan fingerprint density at radius 1 is 0.688 bits per heavy atom. The summed E-state index contributed by atoms with van der Waals surface area (Å²) in [4.78, 5) is 61.4. The van der Waals surface area contributed by atoms with E-state index in [1.807, 2.05) is 26.0 Å². The van der Waals surface area contributed by atoms with Gasteiger partial charge in [-0.25, -0.2) is 19.2 Å². The van der Waals surface area contributed by atoms with Crippen LogP contribution in [0.4, 0.5) is 0 Å². The topological polar surface area (TPSA) is 141 Å². The third-order valence-corrected chi connectivity index (χ3v) is 8.97. The summed E-state index contributed by atoms with van der Waals surface area (Å²) in [6, 6.07) is 12.4. The van der Waals surface area contributed by atoms with E-state index in [0.717, 1.165) is 27.6 Å². The standard InChI is InChI=1S/C36H40O11S/c1-6-30(37)44-21-35(9-4,22-45-31(38)7-2)19-42-20-36(10-5,23-46-32(39)8-3)24-47-33(40)18-43-25-15-16-29-27(17-25)34(41)26-13-11-12-14-28(26)48-29/h6-8,11-17H,1-3,9-10,18-24H2,4-5H3. The molecule has 2 aromatic carbocycles. The molecule has 0 bridgehead atoms. The van der Waals surface area contributed by atoms with Crippen LogP contribution in [0.5, 0.6) is 5.75 Å². The first kappa shape index (κ1) is 37.6. The molecule has 0 aliphatic heterocycles. The molecule has 256 valence electrons. The van der Waals surface area contributed by atoms with Gasteiger partial charge < -0.3 is 28.4 Å². The summed E-state index contributed by atoms with van der Waals surface area (Å²) in [5.41, 5.74) is -2.03. The van der Waals surface area contributed by atoms with Crippen LogP contribution in [-0.2, 0) is 42.9 Å². The average molecular weight is 681 g/mol. The quantitative estimate of drug-likeness (QED) is 0.0662. The molecule has 12 heteroatoms. The Morgan fingerprint density at radius 2 is 1.19 bits per heavy atom. The molecule has 0 aliphatic rings. The van der Waals surface area contributed by atoms with Gasteiger partial charge in [0.05, 0.1) is 24.0 Å². The molecule has 1 unspecified atom stereocenters. The van der Waals surface area contributed by atoms with Crippen molar-refractivity contribution in [3.05, 3.63) is 90.7 Å². The zero-order chi connectivity index (χ0) is 35.2. The monoisotopic (exact) mass is 680 g/mol. The molecule has 0 fully saturated rings. The summed E-state index contributed by atoms with van der Waals surface area (Å²) in [5.74, 6) is -2.33. The Morgan fingerprint density at radius 3 is 1.71 bits per heavy atom. The molecule has 11 nitrogen and oxygen atoms in total. The molecule has 0 N–H and O–H groups in total. The molecule has 0 spiro atoms. The first-order valence-electron chi connectivity index (χ1n) is 15.2. The number of carbonyl (C=O) groups is 4. The van der Waals surface area contributed by atoms with Gasteiger partial charge in [-0.1, -0.05) is 45.7 Å². The van der Waals surface area contributed by atoms with Gasteiger partial charge in [-0.3, -0.25) is 4.79 Å². The highest BCUT2D eigenvalue weighted by atomic mass is 32.1. The van der Waals surface area contributed by atoms with Crippen LogP contribution < -0.4 is 10.2 Å². The van der Waals surface area contributed by atoms with Gasteiger partial charge in [-0.2, -0.15) is 0 Å². The predicted octanol–water partition coefficient (Wildman–Crippen LogP) is 5.33. The second kappa shape index (κ2) is 17.9. The van der Waals surface area contributed by atoms with Crippen LogP contribution in [0.2, 0.25) is 0 Å². The zero-order valence-corrected chi connectivity index (χ0v) is 28.0. The van der Waals surface area contributed by atoms with Crippen molar-refractivity contribution in [1.82, 2.24) is 0 Å². The van der Waals surface area contributed by atoms with Gasteiger partial charge in [0.25, 0.3) is 0 Å². The Labute approximate surface area is 282 Å². The van der Waals surface area contributed by atoms with E-state index in [0.29, 0.717) is 29.4 Å². The van der Waals surface area contributed by atoms with E-state index in [4.69, 9.17) is 28.4 Å². The van der Waals surface area contributed by atoms with E-state index in [2.05, 4.69) is 19.7 Å². The molecular weight excluding hydrogens is 640 g/mol. The molecule has 3 rings (SSSR count). The van der Waals surface area contributed by atoms with E-state index >= 15 is 0 Å². The summed E-state index contributed by atoms with van der Waals surface area (Å²) in [6.07, 6.45) is 3.83. The molecule has 0 radical (unpaired) electrons. The molecule has 0 aliphatic carbocycles. The summed E-state index contributed by atoms with van der Waals surface area (Å²) in [6.45, 7) is 12.7. The van der Waals surface area contributed by atoms with Gasteiger partial charge in [0, 0.05) is 38.4 Å². The number of esters is 4. The third-order valence-electron chi connectivity index (χ3n) is 7.82. The second-order valence-electron chi connectivity index (χ2n) is 11.2. The maximum absolute atomic E-state index is 13.0. The normalized spacial score (nSPS) is 12.4. The zero-order valence-electron chi connectivity index (χ0n) is 27.2. The van der Waals surface area contributed by atoms with E-state index in [-0.39, 0.29) is 45.1 Å². The molecule has 1 aromatic heterocycles. The van der Waals surface area contributed by atoms with Crippen LogP contribution in [0, 0.1) is 10.8 Å². The highest BCUT2D eigenvalue weighted by Gasteiger charge is 2.37. The van der Waals surface area contributed by atoms with Crippen molar-refractivity contribution in [1.29, 1.82) is 0 Å². The van der Waals surface area contributed by atoms with Crippen molar-refractivity contribution >= 4 is 55.4 Å². The number of rotatable bonds is 20. The molecule has 0 saturated heterocycles. The molecular formula is C36H40O11S. The lowest BCUT2D eigenvalue weighted by Crippen LogP contribution is -2.42. The first-order chi connectivity index (χ1) is 23.0. The van der Waals surface area contributed by atoms with E-state index in [1.165, 1.54) is 11.3 Å². The molecule has 0 saturated carbocycles. The average Bonchev–Trinajstić information content (AvgIpc) is 3.12. The van der Waals surface area contributed by atoms with Gasteiger partial charge >= 0.3 is 23.9 Å². The molecule has 3 aromatic rings. The molecule has 0 amide bonds. The molecule has 48 heavy (non-hydrogen) atoms. The Balaban J connectivity index is 1.69. The minimum absolute atomic E-state index is 0.0215. The third kappa shape index (κ3) is 10.3. The largest absolute Gasteiger partial charge is 0.482 e. The number of ether oxygens (including phenoxy) is 6. The van der Waals surface area contributed by atoms with E-state index < -0.39 is 41.3 Å². The number of hydrogen-bond acceptors (Lipinski definition) is 12. The van der Waals surface area contributed by atoms with Gasteiger partial charge in [0.2, 0.25) is 0 Å². The minimum atomic E-state index is -0.980. The van der Waals surface area contributed by atoms with Crippen molar-refractivity contribution in [2.24, 2.45) is 10.8 Å². The summed E-state index contributed by atoms with van der Waals surface area (Å²) in [5, 5.41) is 1.09. The maximum Gasteiger partial charge on any atom is 0.344 e. The second-order valence-corrected chi connectivity index (χ2v) is 12.3. The van der Waals surface area contributed by atoms with Gasteiger partial charge in [0.1, 0.15) is 32.2 Å². The minimum Gasteiger partial charge on any atom is -0.482 e. The lowest BCUT2D eigenvalue weighted by Gasteiger charge is -2.35. The summed E-state index contributed by atoms with van der Waals surface area (Å²) < 4.78 is 34.9.